The van der Waals surface area contributed by atoms with Crippen LogP contribution in [0.1, 0.15) is 26.7 Å². The van der Waals surface area contributed by atoms with Gasteiger partial charge in [-0.3, -0.25) is 0 Å². The van der Waals surface area contributed by atoms with E-state index in [0.29, 0.717) is 0 Å². The van der Waals surface area contributed by atoms with Crippen LogP contribution in [0, 0.1) is 0 Å². The van der Waals surface area contributed by atoms with Crippen molar-refractivity contribution in [3.63, 3.8) is 0 Å². The van der Waals surface area contributed by atoms with Gasteiger partial charge in [0.15, 0.2) is 8.32 Å². The minimum absolute atomic E-state index is 0.785. The number of nitrogens with two attached hydrogens (primary N) is 1. The van der Waals surface area contributed by atoms with Gasteiger partial charge in [0.1, 0.15) is 0 Å². The molecule has 0 unspecified atom stereocenters. The molecule has 0 bridgehead atoms. The van der Waals surface area contributed by atoms with Crippen LogP contribution in [-0.2, 0) is 4.43 Å². The third-order valence-corrected chi connectivity index (χ3v) is 7.97. The number of nitrogens with one attached hydrogen (secondary N) is 1. The van der Waals surface area contributed by atoms with Crippen LogP contribution < -0.4 is 11.1 Å². The van der Waals surface area contributed by atoms with E-state index >= 15 is 0 Å². The van der Waals surface area contributed by atoms with Crippen LogP contribution in [0.5, 0.6) is 0 Å². The second-order valence-electron chi connectivity index (χ2n) is 4.09. The fourth-order valence-corrected chi connectivity index (χ4v) is 4.69. The van der Waals surface area contributed by atoms with E-state index in [1.165, 1.54) is 24.6 Å². The van der Waals surface area contributed by atoms with Gasteiger partial charge in [0.05, 0.1) is 0 Å². The van der Waals surface area contributed by atoms with Crippen molar-refractivity contribution in [2.24, 2.45) is 5.73 Å². The Kier molecular flexibility index (Phi) is 9.39. The third kappa shape index (κ3) is 6.30. The molecule has 0 aliphatic rings. The van der Waals surface area contributed by atoms with Crippen LogP contribution in [-0.4, -0.2) is 35.1 Å². The van der Waals surface area contributed by atoms with Gasteiger partial charge >= 0.3 is 0 Å². The fourth-order valence-electron chi connectivity index (χ4n) is 1.88. The molecule has 4 heteroatoms. The summed E-state index contributed by atoms with van der Waals surface area (Å²) in [7, 11) is 0.539. The molecule has 0 aromatic rings. The molecule has 0 heterocycles. The molecular formula is C11H28N2OSi. The lowest BCUT2D eigenvalue weighted by Gasteiger charge is -2.27. The highest BCUT2D eigenvalue weighted by molar-refractivity contribution is 6.73. The van der Waals surface area contributed by atoms with Crippen LogP contribution in [0.4, 0.5) is 0 Å². The molecule has 0 aliphatic carbocycles. The predicted octanol–water partition coefficient (Wildman–Crippen LogP) is 1.95. The second kappa shape index (κ2) is 9.33. The van der Waals surface area contributed by atoms with Crippen molar-refractivity contribution in [2.45, 2.75) is 44.8 Å². The van der Waals surface area contributed by atoms with Gasteiger partial charge in [-0.05, 0) is 50.6 Å². The van der Waals surface area contributed by atoms with Crippen molar-refractivity contribution in [3.8, 4) is 0 Å². The van der Waals surface area contributed by atoms with Crippen LogP contribution in [0.15, 0.2) is 0 Å². The van der Waals surface area contributed by atoms with E-state index in [-0.39, 0.29) is 0 Å². The average molecular weight is 232 g/mol. The minimum atomic E-state index is -1.35. The molecule has 0 amide bonds. The molecule has 3 nitrogen and oxygen atoms in total. The average Bonchev–Trinajstić information content (AvgIpc) is 2.29. The van der Waals surface area contributed by atoms with Gasteiger partial charge in [0, 0.05) is 7.11 Å². The van der Waals surface area contributed by atoms with E-state index in [1.807, 2.05) is 7.11 Å². The van der Waals surface area contributed by atoms with Crippen molar-refractivity contribution >= 4 is 8.32 Å². The molecule has 15 heavy (non-hydrogen) atoms. The van der Waals surface area contributed by atoms with Crippen molar-refractivity contribution < 1.29 is 4.43 Å². The summed E-state index contributed by atoms with van der Waals surface area (Å²) in [6, 6.07) is 3.76. The number of hydrogen-bond acceptors (Lipinski definition) is 3. The topological polar surface area (TPSA) is 47.3 Å². The van der Waals surface area contributed by atoms with E-state index in [9.17, 15) is 0 Å². The zero-order valence-corrected chi connectivity index (χ0v) is 11.6. The molecule has 0 spiro atoms. The van der Waals surface area contributed by atoms with Crippen LogP contribution >= 0.6 is 0 Å². The molecule has 0 aromatic carbocycles. The lowest BCUT2D eigenvalue weighted by atomic mass is 10.4. The summed E-state index contributed by atoms with van der Waals surface area (Å²) in [5.74, 6) is 0. The normalized spacial score (nSPS) is 12.0. The summed E-state index contributed by atoms with van der Waals surface area (Å²) in [4.78, 5) is 0. The molecule has 0 radical (unpaired) electrons. The first-order valence-electron chi connectivity index (χ1n) is 6.20. The van der Waals surface area contributed by atoms with Crippen LogP contribution in [0.25, 0.3) is 0 Å². The largest absolute Gasteiger partial charge is 0.420 e. The highest BCUT2D eigenvalue weighted by Gasteiger charge is 2.28. The predicted molar refractivity (Wildman–Crippen MR) is 69.7 cm³/mol. The first-order valence-corrected chi connectivity index (χ1v) is 8.73. The minimum Gasteiger partial charge on any atom is -0.420 e. The summed E-state index contributed by atoms with van der Waals surface area (Å²) in [6.45, 7) is 7.48. The van der Waals surface area contributed by atoms with E-state index < -0.39 is 8.32 Å². The van der Waals surface area contributed by atoms with Crippen molar-refractivity contribution in [1.82, 2.24) is 5.32 Å². The number of hydrogen-bond donors (Lipinski definition) is 2. The molecule has 0 aliphatic heterocycles. The molecule has 3 N–H and O–H groups in total. The van der Waals surface area contributed by atoms with Crippen LogP contribution in [0.2, 0.25) is 18.1 Å². The Morgan fingerprint density at radius 2 is 1.73 bits per heavy atom. The molecule has 0 aromatic heterocycles. The highest BCUT2D eigenvalue weighted by Crippen LogP contribution is 2.22. The van der Waals surface area contributed by atoms with E-state index in [1.54, 1.807) is 0 Å². The van der Waals surface area contributed by atoms with Gasteiger partial charge in [-0.1, -0.05) is 13.8 Å². The maximum atomic E-state index is 5.76. The molecule has 0 rings (SSSR count). The monoisotopic (exact) mass is 232 g/mol. The van der Waals surface area contributed by atoms with Gasteiger partial charge < -0.3 is 15.5 Å². The van der Waals surface area contributed by atoms with E-state index in [4.69, 9.17) is 10.2 Å². The third-order valence-electron chi connectivity index (χ3n) is 3.27. The van der Waals surface area contributed by atoms with Crippen LogP contribution in [0.3, 0.4) is 0 Å². The van der Waals surface area contributed by atoms with E-state index in [0.717, 1.165) is 26.1 Å². The first-order chi connectivity index (χ1) is 7.24. The first kappa shape index (κ1) is 15.1. The van der Waals surface area contributed by atoms with Gasteiger partial charge in [-0.2, -0.15) is 0 Å². The summed E-state index contributed by atoms with van der Waals surface area (Å²) >= 11 is 0. The Labute approximate surface area is 95.9 Å². The summed E-state index contributed by atoms with van der Waals surface area (Å²) in [6.07, 6.45) is 2.32. The van der Waals surface area contributed by atoms with Gasteiger partial charge in [-0.15, -0.1) is 0 Å². The highest BCUT2D eigenvalue weighted by atomic mass is 28.4. The smallest absolute Gasteiger partial charge is 0.191 e. The Hall–Kier alpha value is 0.0969. The Morgan fingerprint density at radius 1 is 1.13 bits per heavy atom. The van der Waals surface area contributed by atoms with Gasteiger partial charge in [0.2, 0.25) is 0 Å². The maximum Gasteiger partial charge on any atom is 0.191 e. The Morgan fingerprint density at radius 3 is 2.20 bits per heavy atom. The standard InChI is InChI=1S/C11H28N2OSi/c1-4-15(5-2,14-3)11-7-10-13-9-6-8-12/h13H,4-12H2,1-3H3. The summed E-state index contributed by atoms with van der Waals surface area (Å²) < 4.78 is 5.76. The maximum absolute atomic E-state index is 5.76. The SMILES string of the molecule is CC[Si](CC)(CCCNCCCN)OC. The lowest BCUT2D eigenvalue weighted by Crippen LogP contribution is -2.36. The van der Waals surface area contributed by atoms with Crippen molar-refractivity contribution in [2.75, 3.05) is 26.7 Å². The summed E-state index contributed by atoms with van der Waals surface area (Å²) in [5, 5.41) is 3.42. The molecule has 0 fully saturated rings. The zero-order valence-electron chi connectivity index (χ0n) is 10.6. The Bertz CT molecular complexity index is 132. The lowest BCUT2D eigenvalue weighted by molar-refractivity contribution is 0.389. The second-order valence-corrected chi connectivity index (χ2v) is 8.78. The van der Waals surface area contributed by atoms with Crippen molar-refractivity contribution in [1.29, 1.82) is 0 Å². The van der Waals surface area contributed by atoms with Crippen molar-refractivity contribution in [3.05, 3.63) is 0 Å². The fraction of sp³-hybridized carbons (Fsp3) is 1.00. The van der Waals surface area contributed by atoms with E-state index in [2.05, 4.69) is 19.2 Å². The molecular weight excluding hydrogens is 204 g/mol. The Balaban J connectivity index is 3.54. The molecule has 0 saturated carbocycles. The zero-order chi connectivity index (χ0) is 11.6. The molecule has 0 atom stereocenters. The van der Waals surface area contributed by atoms with Gasteiger partial charge in [-0.25, -0.2) is 0 Å². The quantitative estimate of drug-likeness (QED) is 0.447. The molecule has 0 saturated heterocycles. The molecule has 92 valence electrons. The summed E-state index contributed by atoms with van der Waals surface area (Å²) in [5.41, 5.74) is 5.42. The number of rotatable bonds is 10. The van der Waals surface area contributed by atoms with Gasteiger partial charge in [0.25, 0.3) is 0 Å².